The fraction of sp³-hybridized carbons (Fsp3) is 0.0526. The van der Waals surface area contributed by atoms with Gasteiger partial charge < -0.3 is 19.3 Å². The standard InChI is InChI=1S/C38H28N2O2/c1-41-37-23-35-36(24-38(37)42-2)40(32-18-16-26-10-4-6-12-28(26)20-32)34-22-30-14-8-7-13-29(30)21-33(34)39(35)31-17-15-25-9-3-5-11-27(25)19-31/h3-24H,1-2H3. The van der Waals surface area contributed by atoms with Crippen molar-refractivity contribution in [2.45, 2.75) is 0 Å². The van der Waals surface area contributed by atoms with Crippen LogP contribution in [0.15, 0.2) is 133 Å². The molecule has 4 nitrogen and oxygen atoms in total. The Labute approximate surface area is 244 Å². The van der Waals surface area contributed by atoms with Gasteiger partial charge in [-0.3, -0.25) is 0 Å². The monoisotopic (exact) mass is 544 g/mol. The lowest BCUT2D eigenvalue weighted by Gasteiger charge is -2.41. The Bertz CT molecular complexity index is 2000. The zero-order chi connectivity index (χ0) is 28.2. The number of nitrogens with zero attached hydrogens (tertiary/aromatic N) is 2. The predicted molar refractivity (Wildman–Crippen MR) is 175 cm³/mol. The van der Waals surface area contributed by atoms with Crippen molar-refractivity contribution in [3.05, 3.63) is 133 Å². The summed E-state index contributed by atoms with van der Waals surface area (Å²) in [6.07, 6.45) is 0. The molecular weight excluding hydrogens is 516 g/mol. The largest absolute Gasteiger partial charge is 0.493 e. The van der Waals surface area contributed by atoms with Crippen molar-refractivity contribution in [2.75, 3.05) is 24.0 Å². The van der Waals surface area contributed by atoms with Crippen LogP contribution >= 0.6 is 0 Å². The zero-order valence-electron chi connectivity index (χ0n) is 23.4. The molecule has 0 aromatic heterocycles. The number of ether oxygens (including phenoxy) is 2. The number of rotatable bonds is 4. The molecule has 7 aromatic rings. The molecule has 0 saturated heterocycles. The highest BCUT2D eigenvalue weighted by Crippen LogP contribution is 2.57. The molecule has 0 N–H and O–H groups in total. The smallest absolute Gasteiger partial charge is 0.162 e. The normalized spacial score (nSPS) is 12.4. The molecule has 1 aliphatic rings. The van der Waals surface area contributed by atoms with E-state index in [1.54, 1.807) is 14.2 Å². The van der Waals surface area contributed by atoms with E-state index in [1.165, 1.54) is 32.3 Å². The average Bonchev–Trinajstić information content (AvgIpc) is 3.05. The van der Waals surface area contributed by atoms with E-state index in [9.17, 15) is 0 Å². The maximum Gasteiger partial charge on any atom is 0.162 e. The number of fused-ring (bicyclic) bond motifs is 5. The molecule has 0 saturated carbocycles. The van der Waals surface area contributed by atoms with E-state index in [1.807, 2.05) is 0 Å². The summed E-state index contributed by atoms with van der Waals surface area (Å²) in [5.74, 6) is 1.37. The summed E-state index contributed by atoms with van der Waals surface area (Å²) in [4.78, 5) is 4.70. The van der Waals surface area contributed by atoms with Crippen molar-refractivity contribution >= 4 is 66.4 Å². The first-order chi connectivity index (χ1) is 20.7. The third-order valence-corrected chi connectivity index (χ3v) is 8.27. The molecule has 0 unspecified atom stereocenters. The van der Waals surface area contributed by atoms with Gasteiger partial charge in [0.25, 0.3) is 0 Å². The van der Waals surface area contributed by atoms with Gasteiger partial charge in [-0.15, -0.1) is 0 Å². The van der Waals surface area contributed by atoms with Gasteiger partial charge >= 0.3 is 0 Å². The number of benzene rings is 7. The van der Waals surface area contributed by atoms with Gasteiger partial charge in [-0.05, 0) is 68.7 Å². The summed E-state index contributed by atoms with van der Waals surface area (Å²) in [6.45, 7) is 0. The van der Waals surface area contributed by atoms with Gasteiger partial charge in [0, 0.05) is 23.5 Å². The Hall–Kier alpha value is -5.48. The first kappa shape index (κ1) is 24.3. The predicted octanol–water partition coefficient (Wildman–Crippen LogP) is 10.4. The molecule has 0 aliphatic carbocycles. The van der Waals surface area contributed by atoms with E-state index >= 15 is 0 Å². The van der Waals surface area contributed by atoms with Crippen LogP contribution < -0.4 is 19.3 Å². The summed E-state index contributed by atoms with van der Waals surface area (Å²) in [5, 5.41) is 7.17. The highest BCUT2D eigenvalue weighted by Gasteiger charge is 2.33. The average molecular weight is 545 g/mol. The first-order valence-electron chi connectivity index (χ1n) is 14.1. The van der Waals surface area contributed by atoms with E-state index in [4.69, 9.17) is 9.47 Å². The molecule has 202 valence electrons. The third-order valence-electron chi connectivity index (χ3n) is 8.27. The van der Waals surface area contributed by atoms with Gasteiger partial charge in [-0.2, -0.15) is 0 Å². The lowest BCUT2D eigenvalue weighted by atomic mass is 9.99. The minimum Gasteiger partial charge on any atom is -0.493 e. The van der Waals surface area contributed by atoms with E-state index in [0.717, 1.165) is 34.1 Å². The molecule has 0 atom stereocenters. The van der Waals surface area contributed by atoms with Crippen LogP contribution in [-0.2, 0) is 0 Å². The lowest BCUT2D eigenvalue weighted by Crippen LogP contribution is -2.24. The molecular formula is C38H28N2O2. The molecule has 1 heterocycles. The second kappa shape index (κ2) is 9.57. The van der Waals surface area contributed by atoms with Crippen molar-refractivity contribution in [3.8, 4) is 11.5 Å². The summed E-state index contributed by atoms with van der Waals surface area (Å²) < 4.78 is 11.7. The van der Waals surface area contributed by atoms with Crippen LogP contribution in [0.3, 0.4) is 0 Å². The van der Waals surface area contributed by atoms with Crippen LogP contribution in [0, 0.1) is 0 Å². The highest BCUT2D eigenvalue weighted by molar-refractivity contribution is 6.08. The molecule has 0 amide bonds. The van der Waals surface area contributed by atoms with Crippen LogP contribution in [0.25, 0.3) is 32.3 Å². The number of hydrogen-bond acceptors (Lipinski definition) is 4. The van der Waals surface area contributed by atoms with Gasteiger partial charge in [-0.25, -0.2) is 0 Å². The van der Waals surface area contributed by atoms with Crippen LogP contribution in [0.5, 0.6) is 11.5 Å². The quantitative estimate of drug-likeness (QED) is 0.220. The number of hydrogen-bond donors (Lipinski definition) is 0. The van der Waals surface area contributed by atoms with Gasteiger partial charge in [-0.1, -0.05) is 84.9 Å². The zero-order valence-corrected chi connectivity index (χ0v) is 23.4. The Morgan fingerprint density at radius 3 is 1.07 bits per heavy atom. The third kappa shape index (κ3) is 3.76. The van der Waals surface area contributed by atoms with Crippen LogP contribution in [0.4, 0.5) is 34.1 Å². The fourth-order valence-corrected chi connectivity index (χ4v) is 6.24. The Morgan fingerprint density at radius 1 is 0.357 bits per heavy atom. The molecule has 0 radical (unpaired) electrons. The van der Waals surface area contributed by atoms with Gasteiger partial charge in [0.2, 0.25) is 0 Å². The Kier molecular flexibility index (Phi) is 5.54. The molecule has 1 aliphatic heterocycles. The van der Waals surface area contributed by atoms with Crippen molar-refractivity contribution < 1.29 is 9.47 Å². The van der Waals surface area contributed by atoms with E-state index in [0.29, 0.717) is 11.5 Å². The van der Waals surface area contributed by atoms with Crippen LogP contribution in [-0.4, -0.2) is 14.2 Å². The van der Waals surface area contributed by atoms with E-state index in [-0.39, 0.29) is 0 Å². The summed E-state index contributed by atoms with van der Waals surface area (Å²) >= 11 is 0. The van der Waals surface area contributed by atoms with Gasteiger partial charge in [0.05, 0.1) is 37.0 Å². The fourth-order valence-electron chi connectivity index (χ4n) is 6.24. The lowest BCUT2D eigenvalue weighted by molar-refractivity contribution is 0.355. The van der Waals surface area contributed by atoms with Crippen molar-refractivity contribution in [3.63, 3.8) is 0 Å². The Balaban J connectivity index is 1.47. The maximum atomic E-state index is 5.84. The van der Waals surface area contributed by atoms with Crippen molar-refractivity contribution in [2.24, 2.45) is 0 Å². The van der Waals surface area contributed by atoms with Crippen LogP contribution in [0.2, 0.25) is 0 Å². The molecule has 8 rings (SSSR count). The number of anilines is 6. The highest BCUT2D eigenvalue weighted by atomic mass is 16.5. The van der Waals surface area contributed by atoms with Gasteiger partial charge in [0.15, 0.2) is 11.5 Å². The summed E-state index contributed by atoms with van der Waals surface area (Å²) in [6, 6.07) is 47.6. The number of methoxy groups -OCH3 is 2. The summed E-state index contributed by atoms with van der Waals surface area (Å²) in [5.41, 5.74) is 6.38. The Morgan fingerprint density at radius 2 is 0.690 bits per heavy atom. The summed E-state index contributed by atoms with van der Waals surface area (Å²) in [7, 11) is 3.38. The molecule has 42 heavy (non-hydrogen) atoms. The second-order valence-electron chi connectivity index (χ2n) is 10.6. The molecule has 4 heteroatoms. The van der Waals surface area contributed by atoms with Crippen molar-refractivity contribution in [1.82, 2.24) is 0 Å². The SMILES string of the molecule is COc1cc2c(cc1OC)N(c1ccc3ccccc3c1)c1cc3ccccc3cc1N2c1ccc2ccccc2c1. The molecule has 0 spiro atoms. The topological polar surface area (TPSA) is 24.9 Å². The minimum atomic E-state index is 0.685. The van der Waals surface area contributed by atoms with Gasteiger partial charge in [0.1, 0.15) is 0 Å². The molecule has 7 aromatic carbocycles. The van der Waals surface area contributed by atoms with Crippen LogP contribution in [0.1, 0.15) is 0 Å². The van der Waals surface area contributed by atoms with E-state index in [2.05, 4.69) is 143 Å². The molecule has 0 fully saturated rings. The van der Waals surface area contributed by atoms with Crippen molar-refractivity contribution in [1.29, 1.82) is 0 Å². The maximum absolute atomic E-state index is 5.84. The second-order valence-corrected chi connectivity index (χ2v) is 10.6. The first-order valence-corrected chi connectivity index (χ1v) is 14.1. The van der Waals surface area contributed by atoms with E-state index < -0.39 is 0 Å². The molecule has 0 bridgehead atoms. The minimum absolute atomic E-state index is 0.685.